The number of thiophene rings is 1. The van der Waals surface area contributed by atoms with Gasteiger partial charge in [-0.05, 0) is 45.2 Å². The van der Waals surface area contributed by atoms with E-state index in [1.165, 1.54) is 16.2 Å². The highest BCUT2D eigenvalue weighted by molar-refractivity contribution is 7.17. The van der Waals surface area contributed by atoms with E-state index in [2.05, 4.69) is 21.0 Å². The molecule has 140 valence electrons. The monoisotopic (exact) mass is 375 g/mol. The maximum atomic E-state index is 12.5. The molecule has 0 atom stereocenters. The van der Waals surface area contributed by atoms with Crippen molar-refractivity contribution in [1.29, 1.82) is 0 Å². The maximum absolute atomic E-state index is 12.5. The van der Waals surface area contributed by atoms with Crippen LogP contribution in [-0.2, 0) is 30.7 Å². The molecule has 0 saturated carbocycles. The average molecular weight is 375 g/mol. The molecule has 0 saturated heterocycles. The Morgan fingerprint density at radius 2 is 2.04 bits per heavy atom. The highest BCUT2D eigenvalue weighted by atomic mass is 32.1. The van der Waals surface area contributed by atoms with Crippen molar-refractivity contribution < 1.29 is 9.59 Å². The van der Waals surface area contributed by atoms with Crippen LogP contribution in [0.1, 0.15) is 44.9 Å². The molecule has 1 aliphatic carbocycles. The Labute approximate surface area is 157 Å². The third-order valence-electron chi connectivity index (χ3n) is 4.60. The minimum atomic E-state index is -0.174. The molecule has 2 amide bonds. The van der Waals surface area contributed by atoms with Crippen molar-refractivity contribution in [2.24, 2.45) is 0 Å². The lowest BCUT2D eigenvalue weighted by Crippen LogP contribution is -2.23. The Morgan fingerprint density at radius 3 is 2.77 bits per heavy atom. The van der Waals surface area contributed by atoms with Crippen LogP contribution < -0.4 is 16.0 Å². The third-order valence-corrected chi connectivity index (χ3v) is 5.81. The molecule has 0 aromatic carbocycles. The van der Waals surface area contributed by atoms with Crippen LogP contribution in [0.5, 0.6) is 0 Å². The van der Waals surface area contributed by atoms with Gasteiger partial charge < -0.3 is 16.0 Å². The van der Waals surface area contributed by atoms with Crippen LogP contribution in [0.25, 0.3) is 0 Å². The minimum absolute atomic E-state index is 0.125. The standard InChI is InChI=1S/C18H25N5O2S/c1-11-12(8-19-2)9-23(22-11)10-15(24)21-18-16(17(25)20-3)13-6-4-5-7-14(13)26-18/h9,19H,4-8,10H2,1-3H3,(H,20,25)(H,21,24). The number of carbonyl (C=O) groups is 2. The summed E-state index contributed by atoms with van der Waals surface area (Å²) in [5.74, 6) is -0.307. The number of anilines is 1. The molecular formula is C18H25N5O2S. The summed E-state index contributed by atoms with van der Waals surface area (Å²) in [5.41, 5.74) is 3.71. The van der Waals surface area contributed by atoms with Gasteiger partial charge in [-0.25, -0.2) is 0 Å². The van der Waals surface area contributed by atoms with Gasteiger partial charge in [0.25, 0.3) is 5.91 Å². The van der Waals surface area contributed by atoms with Crippen molar-refractivity contribution >= 4 is 28.2 Å². The second-order valence-electron chi connectivity index (χ2n) is 6.51. The zero-order valence-corrected chi connectivity index (χ0v) is 16.3. The van der Waals surface area contributed by atoms with Crippen molar-refractivity contribution in [2.45, 2.75) is 45.7 Å². The van der Waals surface area contributed by atoms with Gasteiger partial charge in [-0.3, -0.25) is 14.3 Å². The first-order chi connectivity index (χ1) is 12.5. The quantitative estimate of drug-likeness (QED) is 0.719. The first-order valence-electron chi connectivity index (χ1n) is 8.87. The molecule has 2 heterocycles. The van der Waals surface area contributed by atoms with Gasteiger partial charge in [0.2, 0.25) is 5.91 Å². The first-order valence-corrected chi connectivity index (χ1v) is 9.69. The number of carbonyl (C=O) groups excluding carboxylic acids is 2. The van der Waals surface area contributed by atoms with Crippen LogP contribution in [0.4, 0.5) is 5.00 Å². The van der Waals surface area contributed by atoms with Crippen molar-refractivity contribution in [3.63, 3.8) is 0 Å². The van der Waals surface area contributed by atoms with Crippen LogP contribution in [0.2, 0.25) is 0 Å². The molecule has 1 aliphatic rings. The normalized spacial score (nSPS) is 13.3. The Morgan fingerprint density at radius 1 is 1.27 bits per heavy atom. The molecule has 7 nitrogen and oxygen atoms in total. The summed E-state index contributed by atoms with van der Waals surface area (Å²) < 4.78 is 1.64. The molecule has 26 heavy (non-hydrogen) atoms. The average Bonchev–Trinajstić information content (AvgIpc) is 3.14. The number of hydrogen-bond acceptors (Lipinski definition) is 5. The summed E-state index contributed by atoms with van der Waals surface area (Å²) >= 11 is 1.53. The molecule has 0 unspecified atom stereocenters. The van der Waals surface area contributed by atoms with Crippen LogP contribution >= 0.6 is 11.3 Å². The number of hydrogen-bond donors (Lipinski definition) is 3. The maximum Gasteiger partial charge on any atom is 0.254 e. The summed E-state index contributed by atoms with van der Waals surface area (Å²) in [6.45, 7) is 2.77. The second-order valence-corrected chi connectivity index (χ2v) is 7.62. The van der Waals surface area contributed by atoms with Gasteiger partial charge in [-0.1, -0.05) is 0 Å². The van der Waals surface area contributed by atoms with E-state index >= 15 is 0 Å². The number of aryl methyl sites for hydroxylation is 2. The topological polar surface area (TPSA) is 88.0 Å². The molecule has 3 rings (SSSR count). The Balaban J connectivity index is 1.78. The van der Waals surface area contributed by atoms with Gasteiger partial charge in [0, 0.05) is 30.2 Å². The Bertz CT molecular complexity index is 824. The van der Waals surface area contributed by atoms with Crippen LogP contribution in [0, 0.1) is 6.92 Å². The largest absolute Gasteiger partial charge is 0.355 e. The van der Waals surface area contributed by atoms with Gasteiger partial charge in [0.15, 0.2) is 0 Å². The molecule has 0 aliphatic heterocycles. The third kappa shape index (κ3) is 3.81. The van der Waals surface area contributed by atoms with Crippen molar-refractivity contribution in [3.05, 3.63) is 33.5 Å². The van der Waals surface area contributed by atoms with Crippen molar-refractivity contribution in [2.75, 3.05) is 19.4 Å². The van der Waals surface area contributed by atoms with Crippen LogP contribution in [0.15, 0.2) is 6.20 Å². The van der Waals surface area contributed by atoms with Crippen LogP contribution in [0.3, 0.4) is 0 Å². The molecule has 0 spiro atoms. The summed E-state index contributed by atoms with van der Waals surface area (Å²) in [6, 6.07) is 0. The second kappa shape index (κ2) is 8.01. The fourth-order valence-electron chi connectivity index (χ4n) is 3.34. The zero-order valence-electron chi connectivity index (χ0n) is 15.4. The molecule has 8 heteroatoms. The number of aromatic nitrogens is 2. The fourth-order valence-corrected chi connectivity index (χ4v) is 4.64. The van der Waals surface area contributed by atoms with E-state index < -0.39 is 0 Å². The van der Waals surface area contributed by atoms with Gasteiger partial charge in [-0.2, -0.15) is 5.10 Å². The fraction of sp³-hybridized carbons (Fsp3) is 0.500. The predicted molar refractivity (Wildman–Crippen MR) is 103 cm³/mol. The number of rotatable bonds is 6. The lowest BCUT2D eigenvalue weighted by Gasteiger charge is -2.12. The molecule has 3 N–H and O–H groups in total. The molecule has 0 bridgehead atoms. The predicted octanol–water partition coefficient (Wildman–Crippen LogP) is 1.85. The Hall–Kier alpha value is -2.19. The smallest absolute Gasteiger partial charge is 0.254 e. The van der Waals surface area contributed by atoms with E-state index in [0.29, 0.717) is 17.1 Å². The summed E-state index contributed by atoms with van der Waals surface area (Å²) in [7, 11) is 3.50. The van der Waals surface area contributed by atoms with Crippen molar-refractivity contribution in [1.82, 2.24) is 20.4 Å². The van der Waals surface area contributed by atoms with E-state index in [4.69, 9.17) is 0 Å². The SMILES string of the molecule is CNCc1cn(CC(=O)Nc2sc3c(c2C(=O)NC)CCCC3)nc1C. The van der Waals surface area contributed by atoms with Gasteiger partial charge >= 0.3 is 0 Å². The minimum Gasteiger partial charge on any atom is -0.355 e. The van der Waals surface area contributed by atoms with E-state index in [-0.39, 0.29) is 18.4 Å². The van der Waals surface area contributed by atoms with E-state index in [9.17, 15) is 9.59 Å². The Kier molecular flexibility index (Phi) is 5.73. The van der Waals surface area contributed by atoms with E-state index in [1.807, 2.05) is 20.2 Å². The summed E-state index contributed by atoms with van der Waals surface area (Å²) in [6.07, 6.45) is 5.98. The van der Waals surface area contributed by atoms with Crippen LogP contribution in [-0.4, -0.2) is 35.7 Å². The molecule has 2 aromatic heterocycles. The number of nitrogens with zero attached hydrogens (tertiary/aromatic N) is 2. The number of amides is 2. The van der Waals surface area contributed by atoms with Gasteiger partial charge in [0.05, 0.1) is 11.3 Å². The molecule has 2 aromatic rings. The highest BCUT2D eigenvalue weighted by Gasteiger charge is 2.25. The first kappa shape index (κ1) is 18.6. The van der Waals surface area contributed by atoms with Crippen molar-refractivity contribution in [3.8, 4) is 0 Å². The van der Waals surface area contributed by atoms with Gasteiger partial charge in [0.1, 0.15) is 11.5 Å². The molecule has 0 fully saturated rings. The van der Waals surface area contributed by atoms with Gasteiger partial charge in [-0.15, -0.1) is 11.3 Å². The summed E-state index contributed by atoms with van der Waals surface area (Å²) in [4.78, 5) is 26.1. The van der Waals surface area contributed by atoms with E-state index in [0.717, 1.165) is 42.5 Å². The van der Waals surface area contributed by atoms with E-state index in [1.54, 1.807) is 11.7 Å². The number of fused-ring (bicyclic) bond motifs is 1. The lowest BCUT2D eigenvalue weighted by atomic mass is 9.95. The zero-order chi connectivity index (χ0) is 18.7. The molecular weight excluding hydrogens is 350 g/mol. The lowest BCUT2D eigenvalue weighted by molar-refractivity contribution is -0.116. The highest BCUT2D eigenvalue weighted by Crippen LogP contribution is 2.38. The number of nitrogens with one attached hydrogen (secondary N) is 3. The molecule has 0 radical (unpaired) electrons. The summed E-state index contributed by atoms with van der Waals surface area (Å²) in [5, 5.41) is 13.8.